The third-order valence-electron chi connectivity index (χ3n) is 2.52. The molecule has 1 aromatic carbocycles. The highest BCUT2D eigenvalue weighted by Gasteiger charge is 1.97. The highest BCUT2D eigenvalue weighted by Crippen LogP contribution is 2.16. The highest BCUT2D eigenvalue weighted by atomic mass is 32.1. The molecule has 2 aromatic rings. The van der Waals surface area contributed by atoms with E-state index in [0.29, 0.717) is 10.9 Å². The molecule has 1 heterocycles. The van der Waals surface area contributed by atoms with Gasteiger partial charge in [0.05, 0.1) is 12.8 Å². The zero-order valence-electron chi connectivity index (χ0n) is 11.4. The lowest BCUT2D eigenvalue weighted by molar-refractivity contribution is 0.309. The van der Waals surface area contributed by atoms with Gasteiger partial charge in [0.2, 0.25) is 5.13 Å². The Balaban J connectivity index is 1.90. The second-order valence-corrected chi connectivity index (χ2v) is 5.08. The first-order valence-corrected chi connectivity index (χ1v) is 7.39. The molecular weight excluding hydrogens is 272 g/mol. The van der Waals surface area contributed by atoms with E-state index in [0.717, 1.165) is 30.8 Å². The molecule has 0 spiro atoms. The summed E-state index contributed by atoms with van der Waals surface area (Å²) in [5, 5.41) is 6.56. The van der Waals surface area contributed by atoms with Gasteiger partial charge in [0, 0.05) is 5.38 Å². The summed E-state index contributed by atoms with van der Waals surface area (Å²) in [7, 11) is 0. The maximum Gasteiger partial charge on any atom is 0.205 e. The predicted molar refractivity (Wildman–Crippen MR) is 84.6 cm³/mol. The number of thiazole rings is 1. The summed E-state index contributed by atoms with van der Waals surface area (Å²) >= 11 is 1.42. The third-order valence-corrected chi connectivity index (χ3v) is 3.29. The van der Waals surface area contributed by atoms with Gasteiger partial charge in [-0.2, -0.15) is 5.10 Å². The van der Waals surface area contributed by atoms with Crippen LogP contribution in [-0.4, -0.2) is 17.8 Å². The molecule has 106 valence electrons. The number of nitrogen functional groups attached to an aromatic ring is 1. The van der Waals surface area contributed by atoms with E-state index in [-0.39, 0.29) is 0 Å². The number of nitrogens with two attached hydrogens (primary N) is 1. The summed E-state index contributed by atoms with van der Waals surface area (Å²) in [6.07, 6.45) is 3.91. The normalized spacial score (nSPS) is 10.8. The Morgan fingerprint density at radius 2 is 2.40 bits per heavy atom. The summed E-state index contributed by atoms with van der Waals surface area (Å²) in [6.45, 7) is 2.89. The predicted octanol–water partition coefficient (Wildman–Crippen LogP) is 3.35. The maximum atomic E-state index is 5.65. The molecule has 0 aliphatic carbocycles. The van der Waals surface area contributed by atoms with E-state index in [9.17, 15) is 0 Å². The number of benzene rings is 1. The molecule has 0 radical (unpaired) electrons. The summed E-state index contributed by atoms with van der Waals surface area (Å²) < 4.78 is 5.65. The van der Waals surface area contributed by atoms with Crippen LogP contribution in [0.5, 0.6) is 5.75 Å². The van der Waals surface area contributed by atoms with E-state index in [1.807, 2.05) is 24.3 Å². The van der Waals surface area contributed by atoms with Crippen molar-refractivity contribution in [1.29, 1.82) is 0 Å². The van der Waals surface area contributed by atoms with Crippen molar-refractivity contribution in [2.45, 2.75) is 19.8 Å². The Hall–Kier alpha value is -2.08. The van der Waals surface area contributed by atoms with Crippen molar-refractivity contribution in [3.8, 4) is 5.75 Å². The lowest BCUT2D eigenvalue weighted by atomic mass is 10.2. The Kier molecular flexibility index (Phi) is 5.37. The molecule has 5 nitrogen and oxygen atoms in total. The van der Waals surface area contributed by atoms with Crippen LogP contribution in [0.1, 0.15) is 25.3 Å². The first kappa shape index (κ1) is 14.3. The SMILES string of the molecule is CCCCOc1cccc(C=NNc2nc(N)cs2)c1. The maximum absolute atomic E-state index is 5.65. The fourth-order valence-corrected chi connectivity index (χ4v) is 2.07. The van der Waals surface area contributed by atoms with E-state index < -0.39 is 0 Å². The van der Waals surface area contributed by atoms with Gasteiger partial charge in [-0.25, -0.2) is 4.98 Å². The molecule has 2 rings (SSSR count). The van der Waals surface area contributed by atoms with Crippen molar-refractivity contribution in [3.05, 3.63) is 35.2 Å². The minimum atomic E-state index is 0.499. The highest BCUT2D eigenvalue weighted by molar-refractivity contribution is 7.14. The average molecular weight is 290 g/mol. The van der Waals surface area contributed by atoms with Gasteiger partial charge in [0.1, 0.15) is 11.6 Å². The van der Waals surface area contributed by atoms with Crippen molar-refractivity contribution in [3.63, 3.8) is 0 Å². The molecule has 20 heavy (non-hydrogen) atoms. The Morgan fingerprint density at radius 1 is 1.50 bits per heavy atom. The first-order valence-electron chi connectivity index (χ1n) is 6.51. The van der Waals surface area contributed by atoms with Gasteiger partial charge < -0.3 is 10.5 Å². The molecule has 1 aromatic heterocycles. The van der Waals surface area contributed by atoms with Crippen LogP contribution in [0.4, 0.5) is 10.9 Å². The number of anilines is 2. The average Bonchev–Trinajstić information content (AvgIpc) is 2.85. The zero-order valence-corrected chi connectivity index (χ0v) is 12.2. The number of aromatic nitrogens is 1. The number of ether oxygens (including phenoxy) is 1. The molecule has 0 bridgehead atoms. The van der Waals surface area contributed by atoms with Gasteiger partial charge in [0.15, 0.2) is 0 Å². The fourth-order valence-electron chi connectivity index (χ4n) is 1.52. The van der Waals surface area contributed by atoms with Crippen molar-refractivity contribution >= 4 is 28.5 Å². The molecular formula is C14H18N4OS. The molecule has 0 saturated heterocycles. The quantitative estimate of drug-likeness (QED) is 0.466. The summed E-state index contributed by atoms with van der Waals surface area (Å²) in [5.41, 5.74) is 9.34. The first-order chi connectivity index (χ1) is 9.78. The van der Waals surface area contributed by atoms with E-state index >= 15 is 0 Å². The van der Waals surface area contributed by atoms with Crippen molar-refractivity contribution in [1.82, 2.24) is 4.98 Å². The molecule has 0 unspecified atom stereocenters. The fraction of sp³-hybridized carbons (Fsp3) is 0.286. The van der Waals surface area contributed by atoms with Gasteiger partial charge in [-0.15, -0.1) is 11.3 Å². The molecule has 0 fully saturated rings. The van der Waals surface area contributed by atoms with Crippen molar-refractivity contribution in [2.75, 3.05) is 17.8 Å². The summed E-state index contributed by atoms with van der Waals surface area (Å²) in [4.78, 5) is 4.06. The topological polar surface area (TPSA) is 72.5 Å². The van der Waals surface area contributed by atoms with Gasteiger partial charge in [0.25, 0.3) is 0 Å². The number of rotatable bonds is 7. The standard InChI is InChI=1S/C14H18N4OS/c1-2-3-7-19-12-6-4-5-11(8-12)9-16-18-14-17-13(15)10-20-14/h4-6,8-10H,2-3,7,15H2,1H3,(H,17,18). The number of nitrogens with one attached hydrogen (secondary N) is 1. The van der Waals surface area contributed by atoms with Gasteiger partial charge in [-0.3, -0.25) is 5.43 Å². The Bertz CT molecular complexity index is 568. The van der Waals surface area contributed by atoms with Crippen molar-refractivity contribution < 1.29 is 4.74 Å². The van der Waals surface area contributed by atoms with Gasteiger partial charge in [-0.1, -0.05) is 25.5 Å². The van der Waals surface area contributed by atoms with Crippen LogP contribution in [0.15, 0.2) is 34.7 Å². The third kappa shape index (κ3) is 4.55. The zero-order chi connectivity index (χ0) is 14.2. The summed E-state index contributed by atoms with van der Waals surface area (Å²) in [5.74, 6) is 1.36. The van der Waals surface area contributed by atoms with E-state index in [1.54, 1.807) is 11.6 Å². The molecule has 0 amide bonds. The lowest BCUT2D eigenvalue weighted by Gasteiger charge is -2.05. The number of hydrogen-bond donors (Lipinski definition) is 2. The van der Waals surface area contributed by atoms with E-state index in [4.69, 9.17) is 10.5 Å². The minimum absolute atomic E-state index is 0.499. The number of hydrazone groups is 1. The molecule has 0 saturated carbocycles. The molecule has 0 aliphatic heterocycles. The van der Waals surface area contributed by atoms with Crippen LogP contribution >= 0.6 is 11.3 Å². The van der Waals surface area contributed by atoms with Gasteiger partial charge >= 0.3 is 0 Å². The van der Waals surface area contributed by atoms with Crippen LogP contribution in [-0.2, 0) is 0 Å². The molecule has 0 atom stereocenters. The largest absolute Gasteiger partial charge is 0.494 e. The Labute approximate surface area is 122 Å². The Morgan fingerprint density at radius 3 is 3.15 bits per heavy atom. The van der Waals surface area contributed by atoms with Crippen LogP contribution in [0.3, 0.4) is 0 Å². The minimum Gasteiger partial charge on any atom is -0.494 e. The summed E-state index contributed by atoms with van der Waals surface area (Å²) in [6, 6.07) is 7.82. The van der Waals surface area contributed by atoms with Crippen LogP contribution < -0.4 is 15.9 Å². The smallest absolute Gasteiger partial charge is 0.205 e. The van der Waals surface area contributed by atoms with Crippen LogP contribution in [0.2, 0.25) is 0 Å². The van der Waals surface area contributed by atoms with E-state index in [1.165, 1.54) is 11.3 Å². The lowest BCUT2D eigenvalue weighted by Crippen LogP contribution is -1.97. The number of hydrogen-bond acceptors (Lipinski definition) is 6. The second kappa shape index (κ2) is 7.49. The number of unbranched alkanes of at least 4 members (excludes halogenated alkanes) is 1. The molecule has 6 heteroatoms. The molecule has 0 aliphatic rings. The van der Waals surface area contributed by atoms with Gasteiger partial charge in [-0.05, 0) is 24.1 Å². The van der Waals surface area contributed by atoms with Crippen LogP contribution in [0.25, 0.3) is 0 Å². The van der Waals surface area contributed by atoms with Crippen LogP contribution in [0, 0.1) is 0 Å². The van der Waals surface area contributed by atoms with E-state index in [2.05, 4.69) is 22.4 Å². The van der Waals surface area contributed by atoms with Crippen molar-refractivity contribution in [2.24, 2.45) is 5.10 Å². The monoisotopic (exact) mass is 290 g/mol. The second-order valence-electron chi connectivity index (χ2n) is 4.22. The molecule has 3 N–H and O–H groups in total. The number of nitrogens with zero attached hydrogens (tertiary/aromatic N) is 2.